The van der Waals surface area contributed by atoms with Gasteiger partial charge in [0.25, 0.3) is 0 Å². The van der Waals surface area contributed by atoms with E-state index in [9.17, 15) is 10.2 Å². The van der Waals surface area contributed by atoms with Crippen molar-refractivity contribution in [3.05, 3.63) is 35.9 Å². The Hall–Kier alpha value is -0.940. The summed E-state index contributed by atoms with van der Waals surface area (Å²) in [6.45, 7) is 5.00. The molecular weight excluding hydrogens is 240 g/mol. The summed E-state index contributed by atoms with van der Waals surface area (Å²) in [6, 6.07) is 10.4. The van der Waals surface area contributed by atoms with E-state index in [1.54, 1.807) is 0 Å². The normalized spacial score (nSPS) is 27.4. The molecule has 1 heterocycles. The Morgan fingerprint density at radius 2 is 1.79 bits per heavy atom. The van der Waals surface area contributed by atoms with Crippen LogP contribution in [0.15, 0.2) is 30.3 Å². The molecule has 0 radical (unpaired) electrons. The molecule has 1 aliphatic rings. The highest BCUT2D eigenvalue weighted by molar-refractivity contribution is 5.25. The average Bonchev–Trinajstić information content (AvgIpc) is 2.69. The number of hydrogen-bond acceptors (Lipinski definition) is 4. The first-order chi connectivity index (χ1) is 9.05. The van der Waals surface area contributed by atoms with Crippen LogP contribution in [0.4, 0.5) is 0 Å². The molecule has 4 nitrogen and oxygen atoms in total. The van der Waals surface area contributed by atoms with Crippen LogP contribution in [0, 0.1) is 0 Å². The Balaban J connectivity index is 2.12. The minimum atomic E-state index is -0.616. The molecule has 106 valence electrons. The van der Waals surface area contributed by atoms with Gasteiger partial charge in [-0.25, -0.2) is 0 Å². The highest BCUT2D eigenvalue weighted by Crippen LogP contribution is 2.26. The van der Waals surface area contributed by atoms with Gasteiger partial charge in [-0.1, -0.05) is 37.3 Å². The van der Waals surface area contributed by atoms with Crippen LogP contribution in [0.5, 0.6) is 0 Å². The Bertz CT molecular complexity index is 388. The van der Waals surface area contributed by atoms with E-state index in [4.69, 9.17) is 0 Å². The van der Waals surface area contributed by atoms with Crippen molar-refractivity contribution >= 4 is 0 Å². The molecule has 1 fully saturated rings. The summed E-state index contributed by atoms with van der Waals surface area (Å²) < 4.78 is 0. The second kappa shape index (κ2) is 6.01. The third kappa shape index (κ3) is 3.34. The highest BCUT2D eigenvalue weighted by Gasteiger charge is 2.35. The Morgan fingerprint density at radius 3 is 2.32 bits per heavy atom. The van der Waals surface area contributed by atoms with Gasteiger partial charge in [0.1, 0.15) is 0 Å². The maximum absolute atomic E-state index is 9.66. The van der Waals surface area contributed by atoms with E-state index in [0.29, 0.717) is 13.1 Å². The van der Waals surface area contributed by atoms with E-state index < -0.39 is 12.2 Å². The zero-order valence-corrected chi connectivity index (χ0v) is 11.7. The maximum Gasteiger partial charge on any atom is 0.0938 e. The smallest absolute Gasteiger partial charge is 0.0938 e. The van der Waals surface area contributed by atoms with Crippen molar-refractivity contribution in [3.63, 3.8) is 0 Å². The third-order valence-corrected chi connectivity index (χ3v) is 3.94. The highest BCUT2D eigenvalue weighted by atomic mass is 16.3. The Labute approximate surface area is 115 Å². The molecule has 3 N–H and O–H groups in total. The summed E-state index contributed by atoms with van der Waals surface area (Å²) in [5, 5.41) is 22.6. The zero-order chi connectivity index (χ0) is 13.9. The molecule has 1 aromatic carbocycles. The van der Waals surface area contributed by atoms with Crippen LogP contribution < -0.4 is 5.32 Å². The predicted octanol–water partition coefficient (Wildman–Crippen LogP) is 0.201. The fraction of sp³-hybridized carbons (Fsp3) is 0.600. The second-order valence-corrected chi connectivity index (χ2v) is 5.79. The van der Waals surface area contributed by atoms with Crippen molar-refractivity contribution in [2.75, 3.05) is 33.2 Å². The number of likely N-dealkylation sites (tertiary alicyclic amines) is 1. The molecular formula is C15H24N2O2. The topological polar surface area (TPSA) is 55.7 Å². The van der Waals surface area contributed by atoms with Gasteiger partial charge in [-0.3, -0.25) is 4.90 Å². The van der Waals surface area contributed by atoms with Crippen LogP contribution in [0.2, 0.25) is 0 Å². The van der Waals surface area contributed by atoms with Crippen LogP contribution in [-0.4, -0.2) is 60.5 Å². The van der Waals surface area contributed by atoms with E-state index in [2.05, 4.69) is 41.4 Å². The van der Waals surface area contributed by atoms with E-state index in [0.717, 1.165) is 13.1 Å². The van der Waals surface area contributed by atoms with E-state index in [-0.39, 0.29) is 5.41 Å². The molecule has 2 rings (SSSR count). The minimum absolute atomic E-state index is 0.0280. The monoisotopic (exact) mass is 264 g/mol. The lowest BCUT2D eigenvalue weighted by Crippen LogP contribution is -2.44. The van der Waals surface area contributed by atoms with Crippen LogP contribution in [-0.2, 0) is 5.41 Å². The molecule has 0 saturated carbocycles. The molecule has 4 heteroatoms. The number of hydrogen-bond donors (Lipinski definition) is 3. The molecule has 0 spiro atoms. The second-order valence-electron chi connectivity index (χ2n) is 5.79. The zero-order valence-electron chi connectivity index (χ0n) is 11.7. The predicted molar refractivity (Wildman–Crippen MR) is 76.2 cm³/mol. The molecule has 0 aromatic heterocycles. The third-order valence-electron chi connectivity index (χ3n) is 3.94. The van der Waals surface area contributed by atoms with Crippen LogP contribution in [0.3, 0.4) is 0 Å². The average molecular weight is 264 g/mol. The van der Waals surface area contributed by atoms with Crippen molar-refractivity contribution < 1.29 is 10.2 Å². The molecule has 0 aliphatic carbocycles. The van der Waals surface area contributed by atoms with Crippen molar-refractivity contribution in [2.24, 2.45) is 0 Å². The fourth-order valence-corrected chi connectivity index (χ4v) is 2.95. The van der Waals surface area contributed by atoms with Gasteiger partial charge in [0.2, 0.25) is 0 Å². The van der Waals surface area contributed by atoms with Crippen LogP contribution in [0.1, 0.15) is 12.5 Å². The summed E-state index contributed by atoms with van der Waals surface area (Å²) in [5.41, 5.74) is 1.25. The standard InChI is InChI=1S/C15H24N2O2/c1-15(10-16-2,12-6-4-3-5-7-12)11-17-8-13(18)14(19)9-17/h3-7,13-14,16,18-19H,8-11H2,1-2H3. The first kappa shape index (κ1) is 14.5. The van der Waals surface area contributed by atoms with E-state index >= 15 is 0 Å². The van der Waals surface area contributed by atoms with E-state index in [1.165, 1.54) is 5.56 Å². The van der Waals surface area contributed by atoms with Crippen LogP contribution in [0.25, 0.3) is 0 Å². The van der Waals surface area contributed by atoms with Crippen LogP contribution >= 0.6 is 0 Å². The summed E-state index contributed by atoms with van der Waals surface area (Å²) in [5.74, 6) is 0. The molecule has 0 bridgehead atoms. The van der Waals surface area contributed by atoms with Crippen molar-refractivity contribution in [1.82, 2.24) is 10.2 Å². The molecule has 3 atom stereocenters. The minimum Gasteiger partial charge on any atom is -0.389 e. The molecule has 1 aliphatic heterocycles. The number of rotatable bonds is 5. The van der Waals surface area contributed by atoms with E-state index in [1.807, 2.05) is 13.1 Å². The van der Waals surface area contributed by atoms with Gasteiger partial charge in [-0.15, -0.1) is 0 Å². The summed E-state index contributed by atoms with van der Waals surface area (Å²) >= 11 is 0. The molecule has 19 heavy (non-hydrogen) atoms. The van der Waals surface area contributed by atoms with Gasteiger partial charge in [0.05, 0.1) is 12.2 Å². The number of nitrogens with one attached hydrogen (secondary N) is 1. The van der Waals surface area contributed by atoms with Gasteiger partial charge in [0, 0.05) is 31.6 Å². The molecule has 0 amide bonds. The fourth-order valence-electron chi connectivity index (χ4n) is 2.95. The quantitative estimate of drug-likeness (QED) is 0.711. The lowest BCUT2D eigenvalue weighted by atomic mass is 9.82. The van der Waals surface area contributed by atoms with Gasteiger partial charge >= 0.3 is 0 Å². The van der Waals surface area contributed by atoms with Gasteiger partial charge in [0.15, 0.2) is 0 Å². The largest absolute Gasteiger partial charge is 0.389 e. The van der Waals surface area contributed by atoms with Crippen molar-refractivity contribution in [3.8, 4) is 0 Å². The molecule has 1 aromatic rings. The lowest BCUT2D eigenvalue weighted by Gasteiger charge is -2.34. The van der Waals surface area contributed by atoms with Gasteiger partial charge in [-0.05, 0) is 12.6 Å². The first-order valence-electron chi connectivity index (χ1n) is 6.84. The maximum atomic E-state index is 9.66. The Morgan fingerprint density at radius 1 is 1.21 bits per heavy atom. The number of benzene rings is 1. The molecule has 3 unspecified atom stereocenters. The lowest BCUT2D eigenvalue weighted by molar-refractivity contribution is 0.0572. The summed E-state index contributed by atoms with van der Waals surface area (Å²) in [6.07, 6.45) is -1.23. The Kier molecular flexibility index (Phi) is 4.58. The summed E-state index contributed by atoms with van der Waals surface area (Å²) in [7, 11) is 1.95. The number of aliphatic hydroxyl groups excluding tert-OH is 2. The van der Waals surface area contributed by atoms with Gasteiger partial charge < -0.3 is 15.5 Å². The van der Waals surface area contributed by atoms with Crippen molar-refractivity contribution in [1.29, 1.82) is 0 Å². The number of nitrogens with zero attached hydrogens (tertiary/aromatic N) is 1. The summed E-state index contributed by atoms with van der Waals surface area (Å²) in [4.78, 5) is 2.14. The number of β-amino-alcohol motifs (C(OH)–C–C–N with tert-alkyl or cyclic N) is 2. The molecule has 1 saturated heterocycles. The first-order valence-corrected chi connectivity index (χ1v) is 6.84. The SMILES string of the molecule is CNCC(C)(CN1CC(O)C(O)C1)c1ccccc1. The van der Waals surface area contributed by atoms with Gasteiger partial charge in [-0.2, -0.15) is 0 Å². The van der Waals surface area contributed by atoms with Crippen molar-refractivity contribution in [2.45, 2.75) is 24.5 Å². The number of aliphatic hydroxyl groups is 2. The number of likely N-dealkylation sites (N-methyl/N-ethyl adjacent to an activating group) is 1.